The Morgan fingerprint density at radius 1 is 1.43 bits per heavy atom. The molecule has 2 aliphatic heterocycles. The van der Waals surface area contributed by atoms with E-state index in [2.05, 4.69) is 0 Å². The van der Waals surface area contributed by atoms with Gasteiger partial charge in [0.25, 0.3) is 0 Å². The maximum absolute atomic E-state index is 11.3. The quantitative estimate of drug-likeness (QED) is 0.926. The van der Waals surface area contributed by atoms with Crippen LogP contribution in [0.25, 0.3) is 0 Å². The molecule has 1 spiro atoms. The fourth-order valence-electron chi connectivity index (χ4n) is 3.04. The van der Waals surface area contributed by atoms with E-state index in [1.165, 1.54) is 0 Å². The predicted octanol–water partition coefficient (Wildman–Crippen LogP) is 2.41. The average Bonchev–Trinajstić information content (AvgIpc) is 2.88. The summed E-state index contributed by atoms with van der Waals surface area (Å²) in [5, 5.41) is 9.30. The minimum absolute atomic E-state index is 0.0266. The summed E-state index contributed by atoms with van der Waals surface area (Å²) in [6, 6.07) is 5.26. The van der Waals surface area contributed by atoms with Crippen LogP contribution < -0.4 is 4.74 Å². The Bertz CT molecular complexity index is 533. The number of benzene rings is 1. The summed E-state index contributed by atoms with van der Waals surface area (Å²) in [5.41, 5.74) is 0.891. The van der Waals surface area contributed by atoms with Gasteiger partial charge in [0.05, 0.1) is 18.8 Å². The van der Waals surface area contributed by atoms with Gasteiger partial charge in [-0.1, -0.05) is 11.6 Å². The lowest BCUT2D eigenvalue weighted by Gasteiger charge is -2.37. The molecule has 3 rings (SSSR count). The molecule has 0 aliphatic carbocycles. The number of ether oxygens (including phenoxy) is 3. The lowest BCUT2D eigenvalue weighted by Crippen LogP contribution is -2.44. The van der Waals surface area contributed by atoms with E-state index in [4.69, 9.17) is 14.2 Å². The van der Waals surface area contributed by atoms with E-state index < -0.39 is 5.97 Å². The van der Waals surface area contributed by atoms with Crippen molar-refractivity contribution >= 4 is 5.97 Å². The highest BCUT2D eigenvalue weighted by Crippen LogP contribution is 2.35. The van der Waals surface area contributed by atoms with Gasteiger partial charge in [0.15, 0.2) is 0 Å². The van der Waals surface area contributed by atoms with E-state index in [0.717, 1.165) is 31.4 Å². The molecule has 2 aliphatic rings. The molecule has 2 saturated heterocycles. The predicted molar refractivity (Wildman–Crippen MR) is 75.9 cm³/mol. The Labute approximate surface area is 123 Å². The summed E-state index contributed by atoms with van der Waals surface area (Å²) in [6.45, 7) is 3.82. The molecule has 21 heavy (non-hydrogen) atoms. The minimum Gasteiger partial charge on any atom is -0.489 e. The second-order valence-corrected chi connectivity index (χ2v) is 5.87. The topological polar surface area (TPSA) is 65.0 Å². The maximum Gasteiger partial charge on any atom is 0.339 e. The first-order valence-electron chi connectivity index (χ1n) is 7.30. The lowest BCUT2D eigenvalue weighted by molar-refractivity contribution is -0.112. The molecule has 114 valence electrons. The number of carboxylic acid groups (broad SMARTS) is 1. The van der Waals surface area contributed by atoms with E-state index in [9.17, 15) is 9.90 Å². The summed E-state index contributed by atoms with van der Waals surface area (Å²) in [5.74, 6) is -0.520. The smallest absolute Gasteiger partial charge is 0.339 e. The Balaban J connectivity index is 1.75. The molecule has 0 aromatic heterocycles. The first-order valence-corrected chi connectivity index (χ1v) is 7.30. The van der Waals surface area contributed by atoms with Gasteiger partial charge in [-0.05, 0) is 19.1 Å². The SMILES string of the molecule is Cc1ccc(OC2CCOC3(CCOC3)C2)c(C(=O)O)c1. The highest BCUT2D eigenvalue weighted by Gasteiger charge is 2.42. The van der Waals surface area contributed by atoms with Crippen LogP contribution >= 0.6 is 0 Å². The van der Waals surface area contributed by atoms with E-state index in [0.29, 0.717) is 19.0 Å². The number of hydrogen-bond acceptors (Lipinski definition) is 4. The molecule has 0 bridgehead atoms. The third kappa shape index (κ3) is 3.04. The van der Waals surface area contributed by atoms with Gasteiger partial charge >= 0.3 is 5.97 Å². The van der Waals surface area contributed by atoms with E-state index in [-0.39, 0.29) is 17.3 Å². The van der Waals surface area contributed by atoms with Gasteiger partial charge in [0, 0.05) is 25.9 Å². The largest absolute Gasteiger partial charge is 0.489 e. The van der Waals surface area contributed by atoms with Crippen molar-refractivity contribution in [3.05, 3.63) is 29.3 Å². The fourth-order valence-corrected chi connectivity index (χ4v) is 3.04. The molecule has 2 heterocycles. The average molecular weight is 292 g/mol. The van der Waals surface area contributed by atoms with Crippen molar-refractivity contribution in [2.75, 3.05) is 19.8 Å². The zero-order valence-corrected chi connectivity index (χ0v) is 12.1. The normalized spacial score (nSPS) is 28.7. The van der Waals surface area contributed by atoms with Crippen molar-refractivity contribution < 1.29 is 24.1 Å². The molecule has 1 aromatic rings. The van der Waals surface area contributed by atoms with E-state index >= 15 is 0 Å². The molecular weight excluding hydrogens is 272 g/mol. The van der Waals surface area contributed by atoms with Crippen LogP contribution in [0.1, 0.15) is 35.2 Å². The van der Waals surface area contributed by atoms with Crippen LogP contribution in [0.15, 0.2) is 18.2 Å². The number of aryl methyl sites for hydroxylation is 1. The molecule has 2 atom stereocenters. The first-order chi connectivity index (χ1) is 10.1. The maximum atomic E-state index is 11.3. The molecule has 0 radical (unpaired) electrons. The number of carbonyl (C=O) groups is 1. The summed E-state index contributed by atoms with van der Waals surface area (Å²) in [6.07, 6.45) is 2.38. The number of rotatable bonds is 3. The molecule has 1 N–H and O–H groups in total. The van der Waals surface area contributed by atoms with Crippen LogP contribution in [0.5, 0.6) is 5.75 Å². The summed E-state index contributed by atoms with van der Waals surface area (Å²) in [7, 11) is 0. The van der Waals surface area contributed by atoms with Gasteiger partial charge < -0.3 is 19.3 Å². The van der Waals surface area contributed by atoms with Crippen LogP contribution in [-0.2, 0) is 9.47 Å². The fraction of sp³-hybridized carbons (Fsp3) is 0.562. The van der Waals surface area contributed by atoms with Crippen LogP contribution in [0.3, 0.4) is 0 Å². The highest BCUT2D eigenvalue weighted by atomic mass is 16.6. The number of hydrogen-bond donors (Lipinski definition) is 1. The van der Waals surface area contributed by atoms with Crippen LogP contribution in [0.4, 0.5) is 0 Å². The third-order valence-corrected chi connectivity index (χ3v) is 4.17. The summed E-state index contributed by atoms with van der Waals surface area (Å²) < 4.78 is 17.3. The zero-order chi connectivity index (χ0) is 14.9. The van der Waals surface area contributed by atoms with Gasteiger partial charge in [-0.25, -0.2) is 4.79 Å². The number of aromatic carboxylic acids is 1. The van der Waals surface area contributed by atoms with Gasteiger partial charge in [0.1, 0.15) is 17.4 Å². The second kappa shape index (κ2) is 5.66. The Morgan fingerprint density at radius 2 is 2.29 bits per heavy atom. The Hall–Kier alpha value is -1.59. The molecule has 2 unspecified atom stereocenters. The molecular formula is C16H20O5. The van der Waals surface area contributed by atoms with Gasteiger partial charge in [-0.3, -0.25) is 0 Å². The van der Waals surface area contributed by atoms with Crippen molar-refractivity contribution in [1.29, 1.82) is 0 Å². The molecule has 1 aromatic carbocycles. The van der Waals surface area contributed by atoms with Crippen molar-refractivity contribution in [3.8, 4) is 5.75 Å². The number of carboxylic acids is 1. The van der Waals surface area contributed by atoms with Crippen molar-refractivity contribution in [2.24, 2.45) is 0 Å². The standard InChI is InChI=1S/C16H20O5/c1-11-2-3-14(13(8-11)15(17)18)21-12-4-6-20-16(9-12)5-7-19-10-16/h2-3,8,12H,4-7,9-10H2,1H3,(H,17,18). The van der Waals surface area contributed by atoms with Gasteiger partial charge in [-0.15, -0.1) is 0 Å². The van der Waals surface area contributed by atoms with E-state index in [1.807, 2.05) is 13.0 Å². The molecule has 5 nitrogen and oxygen atoms in total. The Morgan fingerprint density at radius 3 is 3.00 bits per heavy atom. The van der Waals surface area contributed by atoms with Crippen LogP contribution in [0.2, 0.25) is 0 Å². The second-order valence-electron chi connectivity index (χ2n) is 5.87. The van der Waals surface area contributed by atoms with E-state index in [1.54, 1.807) is 12.1 Å². The lowest BCUT2D eigenvalue weighted by atomic mass is 9.91. The minimum atomic E-state index is -0.959. The van der Waals surface area contributed by atoms with Gasteiger partial charge in [0.2, 0.25) is 0 Å². The van der Waals surface area contributed by atoms with Crippen molar-refractivity contribution in [3.63, 3.8) is 0 Å². The van der Waals surface area contributed by atoms with Crippen molar-refractivity contribution in [2.45, 2.75) is 37.9 Å². The monoisotopic (exact) mass is 292 g/mol. The third-order valence-electron chi connectivity index (χ3n) is 4.17. The summed E-state index contributed by atoms with van der Waals surface area (Å²) in [4.78, 5) is 11.3. The first kappa shape index (κ1) is 14.4. The van der Waals surface area contributed by atoms with Crippen LogP contribution in [-0.4, -0.2) is 42.6 Å². The molecule has 0 saturated carbocycles. The Kier molecular flexibility index (Phi) is 3.87. The zero-order valence-electron chi connectivity index (χ0n) is 12.1. The van der Waals surface area contributed by atoms with Crippen molar-refractivity contribution in [1.82, 2.24) is 0 Å². The molecule has 0 amide bonds. The highest BCUT2D eigenvalue weighted by molar-refractivity contribution is 5.91. The van der Waals surface area contributed by atoms with Gasteiger partial charge in [-0.2, -0.15) is 0 Å². The summed E-state index contributed by atoms with van der Waals surface area (Å²) >= 11 is 0. The van der Waals surface area contributed by atoms with Crippen LogP contribution in [0, 0.1) is 6.92 Å². The molecule has 2 fully saturated rings. The molecule has 5 heteroatoms.